The van der Waals surface area contributed by atoms with Crippen LogP contribution < -0.4 is 10.1 Å². The second-order valence-corrected chi connectivity index (χ2v) is 7.37. The maximum absolute atomic E-state index is 12.7. The number of ether oxygens (including phenoxy) is 1. The van der Waals surface area contributed by atoms with Crippen LogP contribution in [0.2, 0.25) is 0 Å². The number of aliphatic hydroxyl groups excluding tert-OH is 1. The number of alkyl halides is 2. The summed E-state index contributed by atoms with van der Waals surface area (Å²) in [6.07, 6.45) is 0.902. The van der Waals surface area contributed by atoms with Gasteiger partial charge in [-0.15, -0.1) is 0 Å². The van der Waals surface area contributed by atoms with Crippen LogP contribution in [-0.4, -0.2) is 46.5 Å². The van der Waals surface area contributed by atoms with Crippen molar-refractivity contribution in [2.75, 3.05) is 13.1 Å². The zero-order chi connectivity index (χ0) is 18.2. The molecule has 0 saturated heterocycles. The number of benzene rings is 1. The minimum absolute atomic E-state index is 0.363. The van der Waals surface area contributed by atoms with Crippen LogP contribution in [0.15, 0.2) is 28.1 Å². The first-order chi connectivity index (χ1) is 11.8. The number of guanidine groups is 1. The van der Waals surface area contributed by atoms with Crippen LogP contribution in [0.4, 0.5) is 8.78 Å². The number of rotatable bonds is 3. The molecule has 1 aromatic carbocycles. The molecule has 3 rings (SSSR count). The predicted molar refractivity (Wildman–Crippen MR) is 89.5 cm³/mol. The van der Waals surface area contributed by atoms with E-state index >= 15 is 0 Å². The van der Waals surface area contributed by atoms with E-state index in [1.165, 1.54) is 0 Å². The summed E-state index contributed by atoms with van der Waals surface area (Å²) in [5, 5.41) is 22.3. The van der Waals surface area contributed by atoms with Gasteiger partial charge in [-0.05, 0) is 32.0 Å². The van der Waals surface area contributed by atoms with Crippen LogP contribution in [0.1, 0.15) is 25.5 Å². The Morgan fingerprint density at radius 3 is 2.96 bits per heavy atom. The lowest BCUT2D eigenvalue weighted by Crippen LogP contribution is -2.55. The molecule has 2 atom stereocenters. The Bertz CT molecular complexity index is 735. The summed E-state index contributed by atoms with van der Waals surface area (Å²) in [7, 11) is 0. The van der Waals surface area contributed by atoms with Crippen molar-refractivity contribution in [3.8, 4) is 11.9 Å². The second kappa shape index (κ2) is 6.69. The molecule has 1 aromatic rings. The van der Waals surface area contributed by atoms with Gasteiger partial charge in [-0.2, -0.15) is 14.0 Å². The lowest BCUT2D eigenvalue weighted by molar-refractivity contribution is -0.0806. The van der Waals surface area contributed by atoms with Gasteiger partial charge >= 0.3 is 0 Å². The van der Waals surface area contributed by atoms with E-state index in [1.54, 1.807) is 36.9 Å². The third-order valence-corrected chi connectivity index (χ3v) is 4.99. The summed E-state index contributed by atoms with van der Waals surface area (Å²) in [4.78, 5) is 6.41. The number of hydrogen-bond donors (Lipinski definition) is 2. The standard InChI is InChI=1S/C16H18F2N4O2S/c1-16(2)13(23)12(22-6-5-20-15(22)21-8-19)10-7-9(25-14(17)18)3-4-11(10)24-16/h3-4,7,12-14,23H,5-6H2,1-2H3,(H,20,21). The molecule has 2 N–H and O–H groups in total. The third kappa shape index (κ3) is 3.37. The monoisotopic (exact) mass is 368 g/mol. The molecule has 0 saturated carbocycles. The lowest BCUT2D eigenvalue weighted by Gasteiger charge is -2.45. The van der Waals surface area contributed by atoms with Gasteiger partial charge in [0.15, 0.2) is 6.19 Å². The van der Waals surface area contributed by atoms with E-state index in [4.69, 9.17) is 10.00 Å². The minimum atomic E-state index is -2.54. The Morgan fingerprint density at radius 1 is 1.52 bits per heavy atom. The number of nitrogens with zero attached hydrogens (tertiary/aromatic N) is 3. The second-order valence-electron chi connectivity index (χ2n) is 6.31. The van der Waals surface area contributed by atoms with Crippen LogP contribution in [-0.2, 0) is 0 Å². The molecule has 0 aliphatic carbocycles. The molecule has 2 aliphatic heterocycles. The number of hydrogen-bond acceptors (Lipinski definition) is 7. The Kier molecular flexibility index (Phi) is 4.75. The van der Waals surface area contributed by atoms with Gasteiger partial charge in [-0.1, -0.05) is 11.8 Å². The van der Waals surface area contributed by atoms with Crippen LogP contribution in [0.5, 0.6) is 5.75 Å². The van der Waals surface area contributed by atoms with E-state index in [9.17, 15) is 13.9 Å². The normalized spacial score (nSPS) is 24.4. The fourth-order valence-electron chi connectivity index (χ4n) is 3.15. The summed E-state index contributed by atoms with van der Waals surface area (Å²) < 4.78 is 31.3. The van der Waals surface area contributed by atoms with Gasteiger partial charge in [-0.3, -0.25) is 10.3 Å². The highest BCUT2D eigenvalue weighted by atomic mass is 32.2. The van der Waals surface area contributed by atoms with Crippen molar-refractivity contribution < 1.29 is 18.6 Å². The zero-order valence-corrected chi connectivity index (χ0v) is 14.6. The van der Waals surface area contributed by atoms with Crippen molar-refractivity contribution in [1.29, 1.82) is 5.26 Å². The molecular formula is C16H18F2N4O2S. The van der Waals surface area contributed by atoms with E-state index in [2.05, 4.69) is 10.3 Å². The molecule has 134 valence electrons. The summed E-state index contributed by atoms with van der Waals surface area (Å²) in [5.41, 5.74) is -0.276. The number of aliphatic hydroxyl groups is 1. The minimum Gasteiger partial charge on any atom is -0.485 e. The van der Waals surface area contributed by atoms with Crippen molar-refractivity contribution >= 4 is 17.7 Å². The van der Waals surface area contributed by atoms with Crippen molar-refractivity contribution in [1.82, 2.24) is 10.2 Å². The molecule has 0 bridgehead atoms. The van der Waals surface area contributed by atoms with E-state index in [-0.39, 0.29) is 0 Å². The fraction of sp³-hybridized carbons (Fsp3) is 0.500. The highest BCUT2D eigenvalue weighted by Crippen LogP contribution is 2.45. The number of nitrogens with one attached hydrogen (secondary N) is 1. The van der Waals surface area contributed by atoms with E-state index in [0.29, 0.717) is 47.0 Å². The number of nitriles is 1. The predicted octanol–water partition coefficient (Wildman–Crippen LogP) is 2.32. The van der Waals surface area contributed by atoms with Crippen LogP contribution in [0, 0.1) is 11.5 Å². The first-order valence-corrected chi connectivity index (χ1v) is 8.63. The van der Waals surface area contributed by atoms with E-state index in [0.717, 1.165) is 0 Å². The summed E-state index contributed by atoms with van der Waals surface area (Å²) in [6.45, 7) is 4.52. The van der Waals surface area contributed by atoms with Gasteiger partial charge in [0.05, 0.1) is 12.6 Å². The number of fused-ring (bicyclic) bond motifs is 1. The molecule has 2 heterocycles. The lowest BCUT2D eigenvalue weighted by atomic mass is 9.85. The summed E-state index contributed by atoms with van der Waals surface area (Å²) in [5.74, 6) is -1.64. The van der Waals surface area contributed by atoms with Crippen LogP contribution in [0.25, 0.3) is 0 Å². The molecule has 0 amide bonds. The van der Waals surface area contributed by atoms with Gasteiger partial charge in [0.1, 0.15) is 17.5 Å². The van der Waals surface area contributed by atoms with Crippen molar-refractivity contribution in [3.05, 3.63) is 23.8 Å². The zero-order valence-electron chi connectivity index (χ0n) is 13.7. The smallest absolute Gasteiger partial charge is 0.288 e. The van der Waals surface area contributed by atoms with Crippen molar-refractivity contribution in [2.24, 2.45) is 4.99 Å². The molecule has 0 radical (unpaired) electrons. The largest absolute Gasteiger partial charge is 0.485 e. The fourth-order valence-corrected chi connectivity index (χ4v) is 3.70. The van der Waals surface area contributed by atoms with Crippen molar-refractivity contribution in [3.63, 3.8) is 0 Å². The quantitative estimate of drug-likeness (QED) is 0.484. The molecule has 6 nitrogen and oxygen atoms in total. The maximum atomic E-state index is 12.7. The summed E-state index contributed by atoms with van der Waals surface area (Å²) >= 11 is 0.441. The SMILES string of the molecule is CC1(C)Oc2ccc(SC(F)F)cc2C(N2CCN=C2NC#N)C1O. The van der Waals surface area contributed by atoms with Gasteiger partial charge < -0.3 is 14.7 Å². The highest BCUT2D eigenvalue weighted by molar-refractivity contribution is 7.99. The average Bonchev–Trinajstić information content (AvgIpc) is 2.97. The Balaban J connectivity index is 2.04. The molecule has 9 heteroatoms. The Labute approximate surface area is 148 Å². The van der Waals surface area contributed by atoms with Gasteiger partial charge in [0.2, 0.25) is 5.96 Å². The Hall–Kier alpha value is -2.05. The number of aliphatic imine (C=N–C) groups is 1. The molecular weight excluding hydrogens is 350 g/mol. The molecule has 0 fully saturated rings. The number of halogens is 2. The molecule has 2 aliphatic rings. The van der Waals surface area contributed by atoms with Gasteiger partial charge in [-0.25, -0.2) is 0 Å². The molecule has 25 heavy (non-hydrogen) atoms. The molecule has 2 unspecified atom stereocenters. The first kappa shape index (κ1) is 17.8. The molecule has 0 spiro atoms. The maximum Gasteiger partial charge on any atom is 0.288 e. The third-order valence-electron chi connectivity index (χ3n) is 4.29. The van der Waals surface area contributed by atoms with Gasteiger partial charge in [0, 0.05) is 17.0 Å². The average molecular weight is 368 g/mol. The van der Waals surface area contributed by atoms with Crippen LogP contribution in [0.3, 0.4) is 0 Å². The van der Waals surface area contributed by atoms with E-state index in [1.807, 2.05) is 6.19 Å². The highest BCUT2D eigenvalue weighted by Gasteiger charge is 2.47. The van der Waals surface area contributed by atoms with Crippen LogP contribution >= 0.6 is 11.8 Å². The first-order valence-electron chi connectivity index (χ1n) is 7.75. The van der Waals surface area contributed by atoms with E-state index < -0.39 is 23.5 Å². The number of thioether (sulfide) groups is 1. The Morgan fingerprint density at radius 2 is 2.28 bits per heavy atom. The van der Waals surface area contributed by atoms with Crippen molar-refractivity contribution in [2.45, 2.75) is 42.2 Å². The van der Waals surface area contributed by atoms with Gasteiger partial charge in [0.25, 0.3) is 5.76 Å². The topological polar surface area (TPSA) is 80.9 Å². The summed E-state index contributed by atoms with van der Waals surface area (Å²) in [6, 6.07) is 4.27. The molecule has 0 aromatic heterocycles.